The predicted octanol–water partition coefficient (Wildman–Crippen LogP) is 4.63. The second kappa shape index (κ2) is 7.46. The number of ether oxygens (including phenoxy) is 1. The highest BCUT2D eigenvalue weighted by molar-refractivity contribution is 5.01. The van der Waals surface area contributed by atoms with Crippen LogP contribution in [0.2, 0.25) is 0 Å². The molecule has 21 heavy (non-hydrogen) atoms. The number of nitrogens with one attached hydrogen (secondary N) is 1. The van der Waals surface area contributed by atoms with E-state index in [4.69, 9.17) is 4.74 Å². The van der Waals surface area contributed by atoms with E-state index in [0.717, 1.165) is 30.3 Å². The molecule has 2 nitrogen and oxygen atoms in total. The van der Waals surface area contributed by atoms with E-state index in [1.165, 1.54) is 44.9 Å². The zero-order chi connectivity index (χ0) is 15.5. The van der Waals surface area contributed by atoms with Crippen molar-refractivity contribution in [2.24, 2.45) is 23.7 Å². The fraction of sp³-hybridized carbons (Fsp3) is 1.00. The monoisotopic (exact) mass is 295 g/mol. The highest BCUT2D eigenvalue weighted by atomic mass is 16.5. The van der Waals surface area contributed by atoms with E-state index in [2.05, 4.69) is 40.1 Å². The first-order valence-electron chi connectivity index (χ1n) is 9.32. The van der Waals surface area contributed by atoms with Crippen LogP contribution in [0.3, 0.4) is 0 Å². The number of rotatable bonds is 5. The summed E-state index contributed by atoms with van der Waals surface area (Å²) in [5.41, 5.74) is 0.0859. The maximum atomic E-state index is 6.46. The average molecular weight is 296 g/mol. The van der Waals surface area contributed by atoms with Gasteiger partial charge in [-0.05, 0) is 69.7 Å². The Bertz CT molecular complexity index is 305. The van der Waals surface area contributed by atoms with Crippen molar-refractivity contribution in [1.82, 2.24) is 5.32 Å². The Balaban J connectivity index is 2.18. The van der Waals surface area contributed by atoms with Gasteiger partial charge in [0.15, 0.2) is 0 Å². The summed E-state index contributed by atoms with van der Waals surface area (Å²) in [6, 6.07) is 0.533. The smallest absolute Gasteiger partial charge is 0.0839 e. The lowest BCUT2D eigenvalue weighted by atomic mass is 9.65. The maximum Gasteiger partial charge on any atom is 0.0839 e. The van der Waals surface area contributed by atoms with Gasteiger partial charge in [0.1, 0.15) is 0 Å². The second-order valence-electron chi connectivity index (χ2n) is 8.14. The standard InChI is InChI=1S/C19H37NO/c1-6-21-19(9-7-8-14(2)13-19)18(20-5)17-11-15(3)10-16(4)12-17/h14-18,20H,6-13H2,1-5H3. The largest absolute Gasteiger partial charge is 0.374 e. The summed E-state index contributed by atoms with van der Waals surface area (Å²) in [7, 11) is 2.16. The molecule has 124 valence electrons. The molecule has 0 aliphatic heterocycles. The first-order chi connectivity index (χ1) is 10.0. The van der Waals surface area contributed by atoms with E-state index in [0.29, 0.717) is 6.04 Å². The van der Waals surface area contributed by atoms with Crippen LogP contribution in [0, 0.1) is 23.7 Å². The van der Waals surface area contributed by atoms with Crippen LogP contribution in [0.1, 0.15) is 72.6 Å². The molecule has 0 aromatic rings. The Morgan fingerprint density at radius 2 is 1.76 bits per heavy atom. The number of hydrogen-bond acceptors (Lipinski definition) is 2. The third kappa shape index (κ3) is 4.01. The number of hydrogen-bond donors (Lipinski definition) is 1. The predicted molar refractivity (Wildman–Crippen MR) is 90.5 cm³/mol. The van der Waals surface area contributed by atoms with Crippen LogP contribution >= 0.6 is 0 Å². The third-order valence-electron chi connectivity index (χ3n) is 5.99. The zero-order valence-corrected chi connectivity index (χ0v) is 15.0. The SMILES string of the molecule is CCOC1(C(NC)C2CC(C)CC(C)C2)CCCC(C)C1. The van der Waals surface area contributed by atoms with Crippen LogP contribution in [-0.4, -0.2) is 25.3 Å². The van der Waals surface area contributed by atoms with Crippen LogP contribution in [-0.2, 0) is 4.74 Å². The molecule has 0 aromatic heterocycles. The molecule has 5 atom stereocenters. The first kappa shape index (κ1) is 17.3. The van der Waals surface area contributed by atoms with Gasteiger partial charge in [0.2, 0.25) is 0 Å². The Morgan fingerprint density at radius 3 is 2.29 bits per heavy atom. The van der Waals surface area contributed by atoms with E-state index in [1.807, 2.05) is 0 Å². The summed E-state index contributed by atoms with van der Waals surface area (Å²) in [5, 5.41) is 3.70. The molecule has 2 aliphatic rings. The first-order valence-corrected chi connectivity index (χ1v) is 9.32. The molecule has 0 spiro atoms. The molecule has 0 radical (unpaired) electrons. The fourth-order valence-corrected chi connectivity index (χ4v) is 5.54. The van der Waals surface area contributed by atoms with E-state index >= 15 is 0 Å². The minimum atomic E-state index is 0.0859. The van der Waals surface area contributed by atoms with Crippen LogP contribution in [0.25, 0.3) is 0 Å². The number of likely N-dealkylation sites (N-methyl/N-ethyl adjacent to an activating group) is 1. The molecule has 0 heterocycles. The Kier molecular flexibility index (Phi) is 6.14. The van der Waals surface area contributed by atoms with E-state index in [-0.39, 0.29) is 5.60 Å². The molecule has 2 rings (SSSR count). The third-order valence-corrected chi connectivity index (χ3v) is 5.99. The van der Waals surface area contributed by atoms with Gasteiger partial charge >= 0.3 is 0 Å². The Hall–Kier alpha value is -0.0800. The summed E-state index contributed by atoms with van der Waals surface area (Å²) >= 11 is 0. The van der Waals surface area contributed by atoms with Crippen LogP contribution in [0.15, 0.2) is 0 Å². The molecule has 2 fully saturated rings. The minimum Gasteiger partial charge on any atom is -0.374 e. The van der Waals surface area contributed by atoms with Crippen LogP contribution < -0.4 is 5.32 Å². The van der Waals surface area contributed by atoms with Crippen LogP contribution in [0.4, 0.5) is 0 Å². The Labute approximate surface area is 132 Å². The van der Waals surface area contributed by atoms with Gasteiger partial charge < -0.3 is 10.1 Å². The van der Waals surface area contributed by atoms with Gasteiger partial charge in [0.25, 0.3) is 0 Å². The van der Waals surface area contributed by atoms with E-state index in [1.54, 1.807) is 0 Å². The van der Waals surface area contributed by atoms with Crippen molar-refractivity contribution in [1.29, 1.82) is 0 Å². The van der Waals surface area contributed by atoms with Crippen molar-refractivity contribution in [3.63, 3.8) is 0 Å². The van der Waals surface area contributed by atoms with Gasteiger partial charge in [-0.25, -0.2) is 0 Å². The molecule has 2 saturated carbocycles. The second-order valence-corrected chi connectivity index (χ2v) is 8.14. The quantitative estimate of drug-likeness (QED) is 0.798. The van der Waals surface area contributed by atoms with Gasteiger partial charge in [-0.2, -0.15) is 0 Å². The summed E-state index contributed by atoms with van der Waals surface area (Å²) in [6.45, 7) is 10.3. The molecule has 0 amide bonds. The lowest BCUT2D eigenvalue weighted by molar-refractivity contribution is -0.116. The normalized spacial score (nSPS) is 42.7. The van der Waals surface area contributed by atoms with Crippen molar-refractivity contribution < 1.29 is 4.74 Å². The molecule has 0 aromatic carbocycles. The van der Waals surface area contributed by atoms with Gasteiger partial charge in [-0.3, -0.25) is 0 Å². The average Bonchev–Trinajstić information content (AvgIpc) is 2.38. The van der Waals surface area contributed by atoms with E-state index < -0.39 is 0 Å². The van der Waals surface area contributed by atoms with Gasteiger partial charge in [-0.15, -0.1) is 0 Å². The molecular formula is C19H37NO. The molecule has 0 saturated heterocycles. The van der Waals surface area contributed by atoms with Gasteiger partial charge in [-0.1, -0.05) is 33.6 Å². The van der Waals surface area contributed by atoms with Crippen molar-refractivity contribution in [3.05, 3.63) is 0 Å². The van der Waals surface area contributed by atoms with Gasteiger partial charge in [0, 0.05) is 12.6 Å². The molecular weight excluding hydrogens is 258 g/mol. The Morgan fingerprint density at radius 1 is 1.10 bits per heavy atom. The molecule has 1 N–H and O–H groups in total. The summed E-state index contributed by atoms with van der Waals surface area (Å²) in [5.74, 6) is 3.33. The highest BCUT2D eigenvalue weighted by Gasteiger charge is 2.46. The topological polar surface area (TPSA) is 21.3 Å². The maximum absolute atomic E-state index is 6.46. The minimum absolute atomic E-state index is 0.0859. The van der Waals surface area contributed by atoms with Crippen molar-refractivity contribution in [2.75, 3.05) is 13.7 Å². The molecule has 5 unspecified atom stereocenters. The fourth-order valence-electron chi connectivity index (χ4n) is 5.54. The summed E-state index contributed by atoms with van der Waals surface area (Å²) in [4.78, 5) is 0. The van der Waals surface area contributed by atoms with Crippen molar-refractivity contribution >= 4 is 0 Å². The van der Waals surface area contributed by atoms with Crippen LogP contribution in [0.5, 0.6) is 0 Å². The lowest BCUT2D eigenvalue weighted by Crippen LogP contribution is -2.58. The van der Waals surface area contributed by atoms with Crippen molar-refractivity contribution in [3.8, 4) is 0 Å². The molecule has 2 aliphatic carbocycles. The molecule has 2 heteroatoms. The van der Waals surface area contributed by atoms with Gasteiger partial charge in [0.05, 0.1) is 5.60 Å². The molecule has 0 bridgehead atoms. The van der Waals surface area contributed by atoms with Crippen molar-refractivity contribution in [2.45, 2.75) is 84.3 Å². The summed E-state index contributed by atoms with van der Waals surface area (Å²) in [6.07, 6.45) is 9.35. The summed E-state index contributed by atoms with van der Waals surface area (Å²) < 4.78 is 6.46. The lowest BCUT2D eigenvalue weighted by Gasteiger charge is -2.50. The highest BCUT2D eigenvalue weighted by Crippen LogP contribution is 2.44. The van der Waals surface area contributed by atoms with E-state index in [9.17, 15) is 0 Å². The zero-order valence-electron chi connectivity index (χ0n) is 15.0.